The second-order valence-electron chi connectivity index (χ2n) is 8.13. The molecule has 6 heteroatoms. The summed E-state index contributed by atoms with van der Waals surface area (Å²) < 4.78 is 5.51. The van der Waals surface area contributed by atoms with E-state index in [1.807, 2.05) is 31.2 Å². The van der Waals surface area contributed by atoms with Gasteiger partial charge in [-0.05, 0) is 63.4 Å². The molecule has 1 aliphatic heterocycles. The number of hydrogen-bond acceptors (Lipinski definition) is 4. The summed E-state index contributed by atoms with van der Waals surface area (Å²) >= 11 is 0. The second-order valence-corrected chi connectivity index (χ2v) is 8.13. The van der Waals surface area contributed by atoms with Gasteiger partial charge in [0.1, 0.15) is 5.75 Å². The summed E-state index contributed by atoms with van der Waals surface area (Å²) in [4.78, 5) is 25.6. The zero-order valence-electron chi connectivity index (χ0n) is 17.0. The van der Waals surface area contributed by atoms with Crippen LogP contribution in [0.5, 0.6) is 5.75 Å². The fraction of sp³-hybridized carbons (Fsp3) is 0.391. The quantitative estimate of drug-likeness (QED) is 0.808. The Balaban J connectivity index is 1.65. The minimum Gasteiger partial charge on any atom is -0.478 e. The van der Waals surface area contributed by atoms with E-state index in [-0.39, 0.29) is 5.91 Å². The van der Waals surface area contributed by atoms with Gasteiger partial charge in [-0.15, -0.1) is 0 Å². The Morgan fingerprint density at radius 2 is 1.55 bits per heavy atom. The number of carboxylic acid groups (broad SMARTS) is 1. The van der Waals surface area contributed by atoms with E-state index in [1.165, 1.54) is 13.8 Å². The monoisotopic (exact) mass is 397 g/mol. The Bertz CT molecular complexity index is 878. The highest BCUT2D eigenvalue weighted by molar-refractivity contribution is 5.94. The topological polar surface area (TPSA) is 87.1 Å². The van der Waals surface area contributed by atoms with Crippen molar-refractivity contribution in [2.24, 2.45) is 0 Å². The zero-order valence-corrected chi connectivity index (χ0v) is 17.0. The fourth-order valence-electron chi connectivity index (χ4n) is 3.42. The number of ether oxygens (including phenoxy) is 1. The van der Waals surface area contributed by atoms with E-state index in [4.69, 9.17) is 4.74 Å². The maximum Gasteiger partial charge on any atom is 0.347 e. The number of carbonyl (C=O) groups excluding carboxylic acids is 1. The van der Waals surface area contributed by atoms with Crippen molar-refractivity contribution in [3.05, 3.63) is 65.2 Å². The number of piperidine rings is 1. The molecule has 2 aromatic carbocycles. The van der Waals surface area contributed by atoms with Crippen molar-refractivity contribution in [2.75, 3.05) is 13.1 Å². The van der Waals surface area contributed by atoms with Gasteiger partial charge in [-0.3, -0.25) is 4.79 Å². The molecule has 154 valence electrons. The van der Waals surface area contributed by atoms with Gasteiger partial charge in [0.05, 0.1) is 5.60 Å². The number of carboxylic acids is 1. The van der Waals surface area contributed by atoms with Crippen molar-refractivity contribution < 1.29 is 24.5 Å². The van der Waals surface area contributed by atoms with Crippen molar-refractivity contribution in [1.29, 1.82) is 0 Å². The molecule has 0 aliphatic carbocycles. The van der Waals surface area contributed by atoms with Gasteiger partial charge in [-0.2, -0.15) is 0 Å². The molecule has 6 nitrogen and oxygen atoms in total. The number of hydrogen-bond donors (Lipinski definition) is 2. The Morgan fingerprint density at radius 3 is 2.07 bits per heavy atom. The summed E-state index contributed by atoms with van der Waals surface area (Å²) in [6, 6.07) is 14.3. The van der Waals surface area contributed by atoms with E-state index >= 15 is 0 Å². The van der Waals surface area contributed by atoms with Crippen molar-refractivity contribution in [1.82, 2.24) is 4.90 Å². The van der Waals surface area contributed by atoms with Gasteiger partial charge in [0.25, 0.3) is 5.91 Å². The average molecular weight is 397 g/mol. The molecule has 2 N–H and O–H groups in total. The number of aryl methyl sites for hydroxylation is 1. The molecule has 29 heavy (non-hydrogen) atoms. The summed E-state index contributed by atoms with van der Waals surface area (Å²) in [5, 5.41) is 20.3. The van der Waals surface area contributed by atoms with Crippen LogP contribution in [0.2, 0.25) is 0 Å². The van der Waals surface area contributed by atoms with Gasteiger partial charge in [0, 0.05) is 18.7 Å². The summed E-state index contributed by atoms with van der Waals surface area (Å²) in [5.41, 5.74) is 0.142. The van der Waals surface area contributed by atoms with Crippen LogP contribution in [-0.2, 0) is 10.4 Å². The highest BCUT2D eigenvalue weighted by Crippen LogP contribution is 2.34. The number of carbonyl (C=O) groups is 2. The Morgan fingerprint density at radius 1 is 1.00 bits per heavy atom. The summed E-state index contributed by atoms with van der Waals surface area (Å²) in [7, 11) is 0. The van der Waals surface area contributed by atoms with Crippen LogP contribution in [0, 0.1) is 6.92 Å². The lowest BCUT2D eigenvalue weighted by atomic mass is 9.84. The maximum atomic E-state index is 12.7. The predicted octanol–water partition coefficient (Wildman–Crippen LogP) is 3.36. The lowest BCUT2D eigenvalue weighted by Crippen LogP contribution is -2.45. The average Bonchev–Trinajstić information content (AvgIpc) is 2.69. The molecule has 0 radical (unpaired) electrons. The number of rotatable bonds is 5. The number of aliphatic hydroxyl groups is 1. The van der Waals surface area contributed by atoms with Crippen LogP contribution in [0.1, 0.15) is 48.2 Å². The van der Waals surface area contributed by atoms with Gasteiger partial charge in [0.2, 0.25) is 0 Å². The molecule has 1 fully saturated rings. The van der Waals surface area contributed by atoms with Crippen LogP contribution in [0.3, 0.4) is 0 Å². The Labute approximate surface area is 170 Å². The van der Waals surface area contributed by atoms with Crippen LogP contribution in [0.4, 0.5) is 0 Å². The van der Waals surface area contributed by atoms with E-state index in [2.05, 4.69) is 0 Å². The molecule has 0 saturated carbocycles. The lowest BCUT2D eigenvalue weighted by molar-refractivity contribution is -0.152. The number of nitrogens with zero attached hydrogens (tertiary/aromatic N) is 1. The molecular weight excluding hydrogens is 370 g/mol. The molecule has 1 amide bonds. The summed E-state index contributed by atoms with van der Waals surface area (Å²) in [6.07, 6.45) is 0.872. The van der Waals surface area contributed by atoms with E-state index < -0.39 is 17.2 Å². The van der Waals surface area contributed by atoms with Gasteiger partial charge in [-0.25, -0.2) is 4.79 Å². The first-order valence-electron chi connectivity index (χ1n) is 9.72. The standard InChI is InChI=1S/C23H27NO5/c1-16-4-6-17(7-5-16)20(25)24-14-12-23(28,13-15-24)18-8-10-19(11-9-18)29-22(2,3)21(26)27/h4-11,28H,12-15H2,1-3H3,(H,26,27). The predicted molar refractivity (Wildman–Crippen MR) is 109 cm³/mol. The number of likely N-dealkylation sites (tertiary alicyclic amines) is 1. The molecule has 0 unspecified atom stereocenters. The minimum absolute atomic E-state index is 0.0216. The minimum atomic E-state index is -1.33. The van der Waals surface area contributed by atoms with E-state index in [0.29, 0.717) is 37.2 Å². The largest absolute Gasteiger partial charge is 0.478 e. The molecular formula is C23H27NO5. The van der Waals surface area contributed by atoms with Crippen LogP contribution >= 0.6 is 0 Å². The third-order valence-electron chi connectivity index (χ3n) is 5.46. The number of aliphatic carboxylic acids is 1. The van der Waals surface area contributed by atoms with Crippen LogP contribution in [-0.4, -0.2) is 45.7 Å². The molecule has 2 aromatic rings. The van der Waals surface area contributed by atoms with Gasteiger partial charge >= 0.3 is 5.97 Å². The summed E-state index contributed by atoms with van der Waals surface area (Å²) in [6.45, 7) is 5.88. The Hall–Kier alpha value is -2.86. The van der Waals surface area contributed by atoms with E-state index in [0.717, 1.165) is 11.1 Å². The molecule has 0 aromatic heterocycles. The van der Waals surface area contributed by atoms with E-state index in [1.54, 1.807) is 29.2 Å². The Kier molecular flexibility index (Phi) is 5.66. The number of benzene rings is 2. The second kappa shape index (κ2) is 7.87. The maximum absolute atomic E-state index is 12.7. The van der Waals surface area contributed by atoms with Crippen LogP contribution < -0.4 is 4.74 Å². The molecule has 1 aliphatic rings. The molecule has 1 saturated heterocycles. The first-order valence-corrected chi connectivity index (χ1v) is 9.72. The van der Waals surface area contributed by atoms with E-state index in [9.17, 15) is 19.8 Å². The van der Waals surface area contributed by atoms with Gasteiger partial charge in [-0.1, -0.05) is 29.8 Å². The normalized spacial score (nSPS) is 16.3. The smallest absolute Gasteiger partial charge is 0.347 e. The highest BCUT2D eigenvalue weighted by atomic mass is 16.5. The highest BCUT2D eigenvalue weighted by Gasteiger charge is 2.36. The van der Waals surface area contributed by atoms with Gasteiger partial charge < -0.3 is 19.8 Å². The zero-order chi connectivity index (χ0) is 21.2. The van der Waals surface area contributed by atoms with Crippen molar-refractivity contribution >= 4 is 11.9 Å². The van der Waals surface area contributed by atoms with Crippen molar-refractivity contribution in [3.63, 3.8) is 0 Å². The van der Waals surface area contributed by atoms with Crippen molar-refractivity contribution in [3.8, 4) is 5.75 Å². The molecule has 3 rings (SSSR count). The molecule has 0 spiro atoms. The SMILES string of the molecule is Cc1ccc(C(=O)N2CCC(O)(c3ccc(OC(C)(C)C(=O)O)cc3)CC2)cc1. The molecule has 1 heterocycles. The fourth-order valence-corrected chi connectivity index (χ4v) is 3.42. The lowest BCUT2D eigenvalue weighted by Gasteiger charge is -2.38. The number of amides is 1. The third-order valence-corrected chi connectivity index (χ3v) is 5.46. The third kappa shape index (κ3) is 4.59. The van der Waals surface area contributed by atoms with Gasteiger partial charge in [0.15, 0.2) is 5.60 Å². The first-order chi connectivity index (χ1) is 13.6. The molecule has 0 bridgehead atoms. The van der Waals surface area contributed by atoms with Crippen LogP contribution in [0.15, 0.2) is 48.5 Å². The summed E-state index contributed by atoms with van der Waals surface area (Å²) in [5.74, 6) is -0.644. The van der Waals surface area contributed by atoms with Crippen LogP contribution in [0.25, 0.3) is 0 Å². The molecule has 0 atom stereocenters. The first kappa shape index (κ1) is 20.9. The van der Waals surface area contributed by atoms with Crippen molar-refractivity contribution in [2.45, 2.75) is 44.8 Å².